The Labute approximate surface area is 115 Å². The number of halogens is 2. The number of benzene rings is 1. The first-order valence-electron chi connectivity index (χ1n) is 5.59. The molecule has 0 aromatic heterocycles. The summed E-state index contributed by atoms with van der Waals surface area (Å²) in [4.78, 5) is 0. The fraction of sp³-hybridized carbons (Fsp3) is 0.500. The molecule has 1 heterocycles. The fourth-order valence-electron chi connectivity index (χ4n) is 1.69. The molecule has 0 radical (unpaired) electrons. The van der Waals surface area contributed by atoms with E-state index < -0.39 is 0 Å². The van der Waals surface area contributed by atoms with E-state index in [0.717, 1.165) is 6.54 Å². The van der Waals surface area contributed by atoms with Crippen LogP contribution < -0.4 is 5.32 Å². The largest absolute Gasteiger partial charge is 0.311 e. The topological polar surface area (TPSA) is 12.0 Å². The van der Waals surface area contributed by atoms with Gasteiger partial charge in [-0.1, -0.05) is 17.7 Å². The highest BCUT2D eigenvalue weighted by molar-refractivity contribution is 8.06. The van der Waals surface area contributed by atoms with Gasteiger partial charge in [-0.2, -0.15) is 23.5 Å². The molecule has 1 saturated heterocycles. The average molecular weight is 292 g/mol. The second-order valence-electron chi connectivity index (χ2n) is 3.93. The fourth-order valence-corrected chi connectivity index (χ4v) is 4.49. The predicted molar refractivity (Wildman–Crippen MR) is 76.7 cm³/mol. The van der Waals surface area contributed by atoms with Gasteiger partial charge in [0.25, 0.3) is 0 Å². The first-order valence-corrected chi connectivity index (χ1v) is 8.18. The van der Waals surface area contributed by atoms with Crippen LogP contribution in [0.2, 0.25) is 5.02 Å². The third kappa shape index (κ3) is 4.36. The second-order valence-corrected chi connectivity index (χ2v) is 6.93. The van der Waals surface area contributed by atoms with Crippen molar-refractivity contribution in [3.63, 3.8) is 0 Å². The van der Waals surface area contributed by atoms with Crippen molar-refractivity contribution in [1.29, 1.82) is 0 Å². The molecule has 1 aromatic carbocycles. The zero-order valence-corrected chi connectivity index (χ0v) is 11.8. The summed E-state index contributed by atoms with van der Waals surface area (Å²) in [6.45, 7) is 1.52. The van der Waals surface area contributed by atoms with Crippen LogP contribution in [-0.4, -0.2) is 29.1 Å². The Bertz CT molecular complexity index is 370. The van der Waals surface area contributed by atoms with Crippen LogP contribution >= 0.6 is 35.1 Å². The molecule has 0 saturated carbocycles. The first kappa shape index (κ1) is 13.5. The van der Waals surface area contributed by atoms with Gasteiger partial charge in [-0.15, -0.1) is 0 Å². The SMILES string of the molecule is Fc1cc(Cl)ccc1CNCC1CSCCS1. The summed E-state index contributed by atoms with van der Waals surface area (Å²) in [7, 11) is 0. The summed E-state index contributed by atoms with van der Waals surface area (Å²) >= 11 is 9.72. The summed E-state index contributed by atoms with van der Waals surface area (Å²) < 4.78 is 13.5. The Kier molecular flexibility index (Phi) is 5.48. The number of hydrogen-bond acceptors (Lipinski definition) is 3. The molecule has 1 nitrogen and oxygen atoms in total. The standard InChI is InChI=1S/C12H15ClFNS2/c13-10-2-1-9(12(14)5-10)6-15-7-11-8-16-3-4-17-11/h1-2,5,11,15H,3-4,6-8H2. The van der Waals surface area contributed by atoms with Gasteiger partial charge >= 0.3 is 0 Å². The molecule has 0 aliphatic carbocycles. The lowest BCUT2D eigenvalue weighted by molar-refractivity contribution is 0.588. The maximum absolute atomic E-state index is 13.5. The van der Waals surface area contributed by atoms with E-state index in [-0.39, 0.29) is 5.82 Å². The van der Waals surface area contributed by atoms with Crippen molar-refractivity contribution in [3.05, 3.63) is 34.6 Å². The first-order chi connectivity index (χ1) is 8.25. The van der Waals surface area contributed by atoms with Crippen molar-refractivity contribution in [2.45, 2.75) is 11.8 Å². The lowest BCUT2D eigenvalue weighted by Gasteiger charge is -2.21. The third-order valence-electron chi connectivity index (χ3n) is 2.59. The minimum Gasteiger partial charge on any atom is -0.311 e. The van der Waals surface area contributed by atoms with E-state index in [4.69, 9.17) is 11.6 Å². The summed E-state index contributed by atoms with van der Waals surface area (Å²) in [6.07, 6.45) is 0. The normalized spacial score (nSPS) is 20.5. The summed E-state index contributed by atoms with van der Waals surface area (Å²) in [5.41, 5.74) is 0.683. The lowest BCUT2D eigenvalue weighted by Crippen LogP contribution is -2.28. The zero-order chi connectivity index (χ0) is 12.1. The maximum atomic E-state index is 13.5. The molecule has 1 atom stereocenters. The average Bonchev–Trinajstić information content (AvgIpc) is 2.33. The molecule has 5 heteroatoms. The van der Waals surface area contributed by atoms with Gasteiger partial charge in [0, 0.05) is 46.2 Å². The monoisotopic (exact) mass is 291 g/mol. The van der Waals surface area contributed by atoms with Crippen LogP contribution in [0.3, 0.4) is 0 Å². The van der Waals surface area contributed by atoms with Crippen LogP contribution in [0.5, 0.6) is 0 Å². The van der Waals surface area contributed by atoms with E-state index >= 15 is 0 Å². The van der Waals surface area contributed by atoms with Gasteiger partial charge in [0.15, 0.2) is 0 Å². The third-order valence-corrected chi connectivity index (χ3v) is 5.67. The van der Waals surface area contributed by atoms with E-state index in [0.29, 0.717) is 22.4 Å². The summed E-state index contributed by atoms with van der Waals surface area (Å²) in [5, 5.41) is 4.42. The molecule has 1 N–H and O–H groups in total. The Morgan fingerprint density at radius 3 is 3.00 bits per heavy atom. The smallest absolute Gasteiger partial charge is 0.129 e. The van der Waals surface area contributed by atoms with Gasteiger partial charge in [-0.25, -0.2) is 4.39 Å². The van der Waals surface area contributed by atoms with Gasteiger partial charge < -0.3 is 5.32 Å². The number of hydrogen-bond donors (Lipinski definition) is 1. The summed E-state index contributed by atoms with van der Waals surface area (Å²) in [5.74, 6) is 3.45. The molecule has 94 valence electrons. The molecule has 0 amide bonds. The van der Waals surface area contributed by atoms with Gasteiger partial charge in [0.05, 0.1) is 0 Å². The van der Waals surface area contributed by atoms with Crippen LogP contribution in [-0.2, 0) is 6.54 Å². The van der Waals surface area contributed by atoms with Crippen molar-refractivity contribution in [2.75, 3.05) is 23.8 Å². The van der Waals surface area contributed by atoms with E-state index in [2.05, 4.69) is 5.32 Å². The van der Waals surface area contributed by atoms with Gasteiger partial charge in [0.1, 0.15) is 5.82 Å². The summed E-state index contributed by atoms with van der Waals surface area (Å²) in [6, 6.07) is 4.84. The van der Waals surface area contributed by atoms with Crippen molar-refractivity contribution >= 4 is 35.1 Å². The van der Waals surface area contributed by atoms with Crippen LogP contribution in [0, 0.1) is 5.82 Å². The molecule has 1 unspecified atom stereocenters. The molecule has 1 fully saturated rings. The molecule has 1 aliphatic heterocycles. The Balaban J connectivity index is 1.77. The molecule has 1 aliphatic rings. The van der Waals surface area contributed by atoms with E-state index in [1.54, 1.807) is 12.1 Å². The van der Waals surface area contributed by atoms with Crippen LogP contribution in [0.15, 0.2) is 18.2 Å². The Morgan fingerprint density at radius 2 is 2.29 bits per heavy atom. The highest BCUT2D eigenvalue weighted by atomic mass is 35.5. The Hall–Kier alpha value is 0.1000. The number of thioether (sulfide) groups is 2. The molecular weight excluding hydrogens is 277 g/mol. The minimum atomic E-state index is -0.226. The highest BCUT2D eigenvalue weighted by Gasteiger charge is 2.13. The predicted octanol–water partition coefficient (Wildman–Crippen LogP) is 3.42. The minimum absolute atomic E-state index is 0.226. The van der Waals surface area contributed by atoms with Crippen molar-refractivity contribution in [1.82, 2.24) is 5.32 Å². The van der Waals surface area contributed by atoms with Crippen molar-refractivity contribution in [2.24, 2.45) is 0 Å². The highest BCUT2D eigenvalue weighted by Crippen LogP contribution is 2.23. The molecule has 17 heavy (non-hydrogen) atoms. The van der Waals surface area contributed by atoms with Crippen molar-refractivity contribution in [3.8, 4) is 0 Å². The molecule has 1 aromatic rings. The van der Waals surface area contributed by atoms with Gasteiger partial charge in [-0.05, 0) is 12.1 Å². The lowest BCUT2D eigenvalue weighted by atomic mass is 10.2. The molecule has 0 spiro atoms. The van der Waals surface area contributed by atoms with Gasteiger partial charge in [-0.3, -0.25) is 0 Å². The van der Waals surface area contributed by atoms with Crippen LogP contribution in [0.1, 0.15) is 5.56 Å². The number of rotatable bonds is 4. The Morgan fingerprint density at radius 1 is 1.41 bits per heavy atom. The second kappa shape index (κ2) is 6.88. The number of nitrogens with one attached hydrogen (secondary N) is 1. The zero-order valence-electron chi connectivity index (χ0n) is 9.42. The molecule has 0 bridgehead atoms. The van der Waals surface area contributed by atoms with Crippen molar-refractivity contribution < 1.29 is 4.39 Å². The van der Waals surface area contributed by atoms with E-state index in [1.807, 2.05) is 23.5 Å². The van der Waals surface area contributed by atoms with Crippen LogP contribution in [0.4, 0.5) is 4.39 Å². The van der Waals surface area contributed by atoms with E-state index in [9.17, 15) is 4.39 Å². The maximum Gasteiger partial charge on any atom is 0.129 e. The van der Waals surface area contributed by atoms with Crippen LogP contribution in [0.25, 0.3) is 0 Å². The molecule has 2 rings (SSSR count). The quantitative estimate of drug-likeness (QED) is 0.913. The molecular formula is C12H15ClFNS2. The van der Waals surface area contributed by atoms with E-state index in [1.165, 1.54) is 23.3 Å². The van der Waals surface area contributed by atoms with Gasteiger partial charge in [0.2, 0.25) is 0 Å².